The van der Waals surface area contributed by atoms with E-state index in [4.69, 9.17) is 14.5 Å². The van der Waals surface area contributed by atoms with Crippen LogP contribution in [-0.4, -0.2) is 59.5 Å². The van der Waals surface area contributed by atoms with Crippen LogP contribution in [-0.2, 0) is 33.8 Å². The SMILES string of the molecule is CCNC(=NCCCCCCC(=O)OCC)NC1CCc2nc(COC)nn2C1.I. The van der Waals surface area contributed by atoms with E-state index < -0.39 is 0 Å². The third-order valence-corrected chi connectivity index (χ3v) is 4.72. The maximum atomic E-state index is 11.3. The molecule has 1 atom stereocenters. The van der Waals surface area contributed by atoms with Gasteiger partial charge in [-0.05, 0) is 33.1 Å². The maximum Gasteiger partial charge on any atom is 0.305 e. The molecule has 0 spiro atoms. The molecule has 1 aromatic rings. The van der Waals surface area contributed by atoms with Crippen LogP contribution >= 0.6 is 24.0 Å². The summed E-state index contributed by atoms with van der Waals surface area (Å²) in [5, 5.41) is 11.4. The molecule has 2 heterocycles. The highest BCUT2D eigenvalue weighted by Crippen LogP contribution is 2.13. The number of aromatic nitrogens is 3. The van der Waals surface area contributed by atoms with Crippen molar-refractivity contribution in [3.05, 3.63) is 11.6 Å². The fraction of sp³-hybridized carbons (Fsp3) is 0.800. The number of fused-ring (bicyclic) bond motifs is 1. The van der Waals surface area contributed by atoms with Gasteiger partial charge >= 0.3 is 5.97 Å². The highest BCUT2D eigenvalue weighted by Gasteiger charge is 2.22. The predicted molar refractivity (Wildman–Crippen MR) is 127 cm³/mol. The third-order valence-electron chi connectivity index (χ3n) is 4.72. The van der Waals surface area contributed by atoms with E-state index >= 15 is 0 Å². The van der Waals surface area contributed by atoms with Crippen LogP contribution < -0.4 is 10.6 Å². The Morgan fingerprint density at radius 1 is 1.27 bits per heavy atom. The summed E-state index contributed by atoms with van der Waals surface area (Å²) in [5.74, 6) is 2.53. The van der Waals surface area contributed by atoms with Crippen LogP contribution in [0.5, 0.6) is 0 Å². The molecule has 0 saturated heterocycles. The van der Waals surface area contributed by atoms with Gasteiger partial charge in [0, 0.05) is 39.1 Å². The van der Waals surface area contributed by atoms with Crippen LogP contribution in [0.4, 0.5) is 0 Å². The summed E-state index contributed by atoms with van der Waals surface area (Å²) in [6.07, 6.45) is 6.40. The Kier molecular flexibility index (Phi) is 13.6. The van der Waals surface area contributed by atoms with Gasteiger partial charge in [-0.1, -0.05) is 12.8 Å². The van der Waals surface area contributed by atoms with Crippen molar-refractivity contribution in [2.24, 2.45) is 4.99 Å². The normalized spacial score (nSPS) is 15.8. The molecule has 0 amide bonds. The molecular formula is C20H37IN6O3. The van der Waals surface area contributed by atoms with Gasteiger partial charge in [0.25, 0.3) is 0 Å². The molecule has 0 aromatic carbocycles. The first-order chi connectivity index (χ1) is 14.2. The zero-order chi connectivity index (χ0) is 20.9. The number of carbonyl (C=O) groups excluding carboxylic acids is 1. The molecule has 1 unspecified atom stereocenters. The van der Waals surface area contributed by atoms with E-state index in [9.17, 15) is 4.79 Å². The van der Waals surface area contributed by atoms with Crippen LogP contribution in [0.15, 0.2) is 4.99 Å². The van der Waals surface area contributed by atoms with Gasteiger partial charge in [-0.2, -0.15) is 5.10 Å². The molecule has 1 aromatic heterocycles. The van der Waals surface area contributed by atoms with Crippen molar-refractivity contribution in [2.75, 3.05) is 26.8 Å². The number of nitrogens with one attached hydrogen (secondary N) is 2. The average Bonchev–Trinajstić information content (AvgIpc) is 3.09. The molecule has 0 saturated carbocycles. The number of rotatable bonds is 12. The van der Waals surface area contributed by atoms with Crippen molar-refractivity contribution in [3.8, 4) is 0 Å². The fourth-order valence-electron chi connectivity index (χ4n) is 3.34. The zero-order valence-corrected chi connectivity index (χ0v) is 20.8. The number of nitrogens with zero attached hydrogens (tertiary/aromatic N) is 4. The summed E-state index contributed by atoms with van der Waals surface area (Å²) in [6, 6.07) is 0.280. The van der Waals surface area contributed by atoms with E-state index in [1.54, 1.807) is 7.11 Å². The van der Waals surface area contributed by atoms with Crippen molar-refractivity contribution in [1.29, 1.82) is 0 Å². The van der Waals surface area contributed by atoms with Crippen LogP contribution in [0.25, 0.3) is 0 Å². The summed E-state index contributed by atoms with van der Waals surface area (Å²) in [7, 11) is 1.66. The van der Waals surface area contributed by atoms with Gasteiger partial charge in [0.2, 0.25) is 0 Å². The summed E-state index contributed by atoms with van der Waals surface area (Å²) >= 11 is 0. The molecule has 30 heavy (non-hydrogen) atoms. The maximum absolute atomic E-state index is 11.3. The van der Waals surface area contributed by atoms with Gasteiger partial charge in [-0.15, -0.1) is 24.0 Å². The van der Waals surface area contributed by atoms with E-state index in [0.717, 1.165) is 75.8 Å². The van der Waals surface area contributed by atoms with Crippen LogP contribution in [0, 0.1) is 0 Å². The lowest BCUT2D eigenvalue weighted by atomic mass is 10.1. The van der Waals surface area contributed by atoms with Gasteiger partial charge in [0.1, 0.15) is 12.4 Å². The number of hydrogen-bond donors (Lipinski definition) is 2. The predicted octanol–water partition coefficient (Wildman–Crippen LogP) is 2.43. The second-order valence-corrected chi connectivity index (χ2v) is 7.17. The van der Waals surface area contributed by atoms with Crippen molar-refractivity contribution < 1.29 is 14.3 Å². The Morgan fingerprint density at radius 3 is 2.80 bits per heavy atom. The Balaban J connectivity index is 0.00000450. The summed E-state index contributed by atoms with van der Waals surface area (Å²) in [6.45, 7) is 7.19. The van der Waals surface area contributed by atoms with E-state index in [1.807, 2.05) is 11.6 Å². The highest BCUT2D eigenvalue weighted by atomic mass is 127. The number of unbranched alkanes of at least 4 members (excludes halogenated alkanes) is 3. The number of halogens is 1. The van der Waals surface area contributed by atoms with Gasteiger partial charge in [-0.3, -0.25) is 9.79 Å². The Morgan fingerprint density at radius 2 is 2.07 bits per heavy atom. The molecule has 2 N–H and O–H groups in total. The number of aryl methyl sites for hydroxylation is 1. The number of ether oxygens (including phenoxy) is 2. The van der Waals surface area contributed by atoms with E-state index in [0.29, 0.717) is 19.6 Å². The van der Waals surface area contributed by atoms with Gasteiger partial charge < -0.3 is 20.1 Å². The van der Waals surface area contributed by atoms with Gasteiger partial charge in [-0.25, -0.2) is 9.67 Å². The topological polar surface area (TPSA) is 103 Å². The van der Waals surface area contributed by atoms with Crippen molar-refractivity contribution in [1.82, 2.24) is 25.4 Å². The molecular weight excluding hydrogens is 499 g/mol. The van der Waals surface area contributed by atoms with Crippen molar-refractivity contribution in [2.45, 2.75) is 78.0 Å². The van der Waals surface area contributed by atoms with Gasteiger partial charge in [0.15, 0.2) is 11.8 Å². The summed E-state index contributed by atoms with van der Waals surface area (Å²) in [5.41, 5.74) is 0. The first kappa shape index (κ1) is 26.6. The summed E-state index contributed by atoms with van der Waals surface area (Å²) in [4.78, 5) is 20.5. The molecule has 0 aliphatic carbocycles. The van der Waals surface area contributed by atoms with E-state index in [-0.39, 0.29) is 36.0 Å². The lowest BCUT2D eigenvalue weighted by Gasteiger charge is -2.25. The molecule has 10 heteroatoms. The smallest absolute Gasteiger partial charge is 0.305 e. The Labute approximate surface area is 196 Å². The monoisotopic (exact) mass is 536 g/mol. The standard InChI is InChI=1S/C20H36N6O3.HI/c1-4-21-20(22-13-9-7-6-8-10-19(27)29-5-2)23-16-11-12-18-24-17(15-28-3)25-26(18)14-16;/h16H,4-15H2,1-3H3,(H2,21,22,23);1H. The van der Waals surface area contributed by atoms with Crippen molar-refractivity contribution >= 4 is 35.9 Å². The quantitative estimate of drug-likeness (QED) is 0.139. The molecule has 172 valence electrons. The molecule has 0 bridgehead atoms. The fourth-order valence-corrected chi connectivity index (χ4v) is 3.34. The number of esters is 1. The third kappa shape index (κ3) is 9.59. The van der Waals surface area contributed by atoms with E-state index in [2.05, 4.69) is 27.6 Å². The van der Waals surface area contributed by atoms with Gasteiger partial charge in [0.05, 0.1) is 13.2 Å². The molecule has 0 radical (unpaired) electrons. The lowest BCUT2D eigenvalue weighted by molar-refractivity contribution is -0.143. The Bertz CT molecular complexity index is 652. The number of hydrogen-bond acceptors (Lipinski definition) is 6. The molecule has 0 fully saturated rings. The van der Waals surface area contributed by atoms with Crippen LogP contribution in [0.3, 0.4) is 0 Å². The first-order valence-corrected chi connectivity index (χ1v) is 10.8. The number of guanidine groups is 1. The van der Waals surface area contributed by atoms with Crippen LogP contribution in [0.1, 0.15) is 64.0 Å². The second kappa shape index (κ2) is 15.4. The lowest BCUT2D eigenvalue weighted by Crippen LogP contribution is -2.47. The van der Waals surface area contributed by atoms with Crippen molar-refractivity contribution in [3.63, 3.8) is 0 Å². The summed E-state index contributed by atoms with van der Waals surface area (Å²) < 4.78 is 12.0. The highest BCUT2D eigenvalue weighted by molar-refractivity contribution is 14.0. The first-order valence-electron chi connectivity index (χ1n) is 10.8. The minimum atomic E-state index is -0.0958. The zero-order valence-electron chi connectivity index (χ0n) is 18.5. The average molecular weight is 536 g/mol. The molecule has 1 aliphatic heterocycles. The second-order valence-electron chi connectivity index (χ2n) is 7.17. The van der Waals surface area contributed by atoms with E-state index in [1.165, 1.54) is 0 Å². The number of aliphatic imine (C=N–C) groups is 1. The number of methoxy groups -OCH3 is 1. The molecule has 9 nitrogen and oxygen atoms in total. The number of carbonyl (C=O) groups is 1. The Hall–Kier alpha value is -1.43. The minimum Gasteiger partial charge on any atom is -0.466 e. The molecule has 1 aliphatic rings. The largest absolute Gasteiger partial charge is 0.466 e. The molecule has 2 rings (SSSR count). The minimum absolute atomic E-state index is 0. The van der Waals surface area contributed by atoms with Crippen LogP contribution in [0.2, 0.25) is 0 Å².